The highest BCUT2D eigenvalue weighted by Gasteiger charge is 2.18. The Morgan fingerprint density at radius 1 is 1.39 bits per heavy atom. The molecule has 0 amide bonds. The minimum atomic E-state index is 0.0687. The first-order chi connectivity index (χ1) is 8.83. The Kier molecular flexibility index (Phi) is 3.39. The van der Waals surface area contributed by atoms with Crippen molar-refractivity contribution in [2.45, 2.75) is 16.5 Å². The zero-order valence-corrected chi connectivity index (χ0v) is 11.8. The summed E-state index contributed by atoms with van der Waals surface area (Å²) in [5, 5.41) is 13.8. The molecule has 0 N–H and O–H groups in total. The molecule has 1 unspecified atom stereocenters. The molecule has 8 heteroatoms. The fourth-order valence-corrected chi connectivity index (χ4v) is 3.63. The molecule has 1 atom stereocenters. The second-order valence-electron chi connectivity index (χ2n) is 3.40. The summed E-state index contributed by atoms with van der Waals surface area (Å²) < 4.78 is 6.18. The van der Waals surface area contributed by atoms with E-state index in [1.165, 1.54) is 11.3 Å². The fourth-order valence-electron chi connectivity index (χ4n) is 1.32. The molecule has 0 aliphatic rings. The van der Waals surface area contributed by atoms with Crippen LogP contribution >= 0.6 is 34.4 Å². The highest BCUT2D eigenvalue weighted by molar-refractivity contribution is 8.01. The van der Waals surface area contributed by atoms with Crippen LogP contribution in [0.1, 0.15) is 18.1 Å². The highest BCUT2D eigenvalue weighted by atomic mass is 32.2. The summed E-state index contributed by atoms with van der Waals surface area (Å²) in [4.78, 5) is 5.41. The minimum Gasteiger partial charge on any atom is -0.338 e. The number of nitrogens with zero attached hydrogens (tertiary/aromatic N) is 4. The molecule has 5 nitrogen and oxygen atoms in total. The van der Waals surface area contributed by atoms with Gasteiger partial charge in [-0.15, -0.1) is 21.5 Å². The second kappa shape index (κ2) is 5.17. The molecule has 0 aliphatic carbocycles. The zero-order chi connectivity index (χ0) is 12.4. The van der Waals surface area contributed by atoms with Gasteiger partial charge in [-0.1, -0.05) is 34.3 Å². The van der Waals surface area contributed by atoms with Crippen LogP contribution in [0, 0.1) is 0 Å². The summed E-state index contributed by atoms with van der Waals surface area (Å²) in [5.74, 6) is 1.25. The van der Waals surface area contributed by atoms with Crippen molar-refractivity contribution < 1.29 is 4.52 Å². The van der Waals surface area contributed by atoms with Gasteiger partial charge in [0.25, 0.3) is 0 Å². The predicted molar refractivity (Wildman–Crippen MR) is 71.8 cm³/mol. The van der Waals surface area contributed by atoms with Crippen molar-refractivity contribution in [1.29, 1.82) is 0 Å². The topological polar surface area (TPSA) is 64.7 Å². The molecule has 3 heterocycles. The largest absolute Gasteiger partial charge is 0.338 e. The second-order valence-corrected chi connectivity index (χ2v) is 6.77. The Morgan fingerprint density at radius 3 is 3.06 bits per heavy atom. The van der Waals surface area contributed by atoms with E-state index in [2.05, 4.69) is 20.3 Å². The third kappa shape index (κ3) is 2.45. The van der Waals surface area contributed by atoms with Crippen LogP contribution in [-0.2, 0) is 0 Å². The lowest BCUT2D eigenvalue weighted by Crippen LogP contribution is -1.88. The molecule has 0 saturated carbocycles. The van der Waals surface area contributed by atoms with Gasteiger partial charge in [0, 0.05) is 0 Å². The molecule has 0 bridgehead atoms. The van der Waals surface area contributed by atoms with Crippen LogP contribution in [0.2, 0.25) is 0 Å². The van der Waals surface area contributed by atoms with Crippen molar-refractivity contribution in [1.82, 2.24) is 20.3 Å². The molecular formula is C10H8N4OS3. The Bertz CT molecular complexity index is 605. The summed E-state index contributed by atoms with van der Waals surface area (Å²) >= 11 is 4.66. The molecule has 3 rings (SSSR count). The van der Waals surface area contributed by atoms with Crippen molar-refractivity contribution in [2.75, 3.05) is 0 Å². The molecule has 3 aromatic rings. The van der Waals surface area contributed by atoms with Crippen molar-refractivity contribution in [3.63, 3.8) is 0 Å². The fraction of sp³-hybridized carbons (Fsp3) is 0.200. The van der Waals surface area contributed by atoms with E-state index in [9.17, 15) is 0 Å². The molecule has 0 fully saturated rings. The van der Waals surface area contributed by atoms with E-state index in [1.54, 1.807) is 28.6 Å². The van der Waals surface area contributed by atoms with Gasteiger partial charge in [-0.3, -0.25) is 0 Å². The predicted octanol–water partition coefficient (Wildman–Crippen LogP) is 3.50. The normalized spacial score (nSPS) is 12.7. The van der Waals surface area contributed by atoms with E-state index in [-0.39, 0.29) is 5.25 Å². The maximum atomic E-state index is 5.28. The minimum absolute atomic E-state index is 0.0687. The van der Waals surface area contributed by atoms with Gasteiger partial charge in [-0.05, 0) is 18.4 Å². The van der Waals surface area contributed by atoms with Gasteiger partial charge < -0.3 is 4.52 Å². The number of thiophene rings is 1. The van der Waals surface area contributed by atoms with Crippen molar-refractivity contribution in [3.05, 3.63) is 28.9 Å². The van der Waals surface area contributed by atoms with Crippen LogP contribution in [0.15, 0.2) is 31.9 Å². The first-order valence-electron chi connectivity index (χ1n) is 5.13. The van der Waals surface area contributed by atoms with Crippen molar-refractivity contribution in [3.8, 4) is 10.7 Å². The van der Waals surface area contributed by atoms with Crippen LogP contribution in [-0.4, -0.2) is 20.3 Å². The Morgan fingerprint density at radius 2 is 2.33 bits per heavy atom. The van der Waals surface area contributed by atoms with E-state index in [0.29, 0.717) is 11.7 Å². The Labute approximate surface area is 115 Å². The van der Waals surface area contributed by atoms with E-state index in [1.807, 2.05) is 24.4 Å². The molecular weight excluding hydrogens is 288 g/mol. The highest BCUT2D eigenvalue weighted by Crippen LogP contribution is 2.35. The lowest BCUT2D eigenvalue weighted by atomic mass is 10.4. The van der Waals surface area contributed by atoms with Crippen molar-refractivity contribution in [2.24, 2.45) is 0 Å². The quantitative estimate of drug-likeness (QED) is 0.686. The monoisotopic (exact) mass is 296 g/mol. The lowest BCUT2D eigenvalue weighted by Gasteiger charge is -2.00. The molecule has 3 aromatic heterocycles. The zero-order valence-electron chi connectivity index (χ0n) is 9.31. The van der Waals surface area contributed by atoms with Crippen LogP contribution in [0.25, 0.3) is 10.7 Å². The standard InChI is InChI=1S/C10H8N4OS3/c1-6(18-10-13-11-5-17-10)9-12-8(14-15-9)7-3-2-4-16-7/h2-6H,1H3. The molecule has 0 spiro atoms. The van der Waals surface area contributed by atoms with Gasteiger partial charge in [-0.2, -0.15) is 4.98 Å². The number of hydrogen-bond acceptors (Lipinski definition) is 8. The van der Waals surface area contributed by atoms with Gasteiger partial charge >= 0.3 is 0 Å². The first-order valence-corrected chi connectivity index (χ1v) is 7.77. The molecule has 0 saturated heterocycles. The number of hydrogen-bond donors (Lipinski definition) is 0. The van der Waals surface area contributed by atoms with Crippen LogP contribution in [0.4, 0.5) is 0 Å². The van der Waals surface area contributed by atoms with Gasteiger partial charge in [0.05, 0.1) is 10.1 Å². The van der Waals surface area contributed by atoms with E-state index in [0.717, 1.165) is 9.22 Å². The first kappa shape index (κ1) is 11.8. The summed E-state index contributed by atoms with van der Waals surface area (Å²) in [6, 6.07) is 3.94. The maximum absolute atomic E-state index is 5.28. The van der Waals surface area contributed by atoms with E-state index < -0.39 is 0 Å². The third-order valence-electron chi connectivity index (χ3n) is 2.15. The van der Waals surface area contributed by atoms with Crippen molar-refractivity contribution >= 4 is 34.4 Å². The summed E-state index contributed by atoms with van der Waals surface area (Å²) in [6.45, 7) is 2.01. The average molecular weight is 296 g/mol. The van der Waals surface area contributed by atoms with Crippen LogP contribution < -0.4 is 0 Å². The van der Waals surface area contributed by atoms with Crippen LogP contribution in [0.3, 0.4) is 0 Å². The number of rotatable bonds is 4. The molecule has 92 valence electrons. The molecule has 0 aromatic carbocycles. The van der Waals surface area contributed by atoms with Gasteiger partial charge in [0.2, 0.25) is 11.7 Å². The van der Waals surface area contributed by atoms with Gasteiger partial charge in [0.1, 0.15) is 5.51 Å². The third-order valence-corrected chi connectivity index (χ3v) is 4.91. The van der Waals surface area contributed by atoms with Crippen LogP contribution in [0.5, 0.6) is 0 Å². The molecule has 0 aliphatic heterocycles. The average Bonchev–Trinajstić information content (AvgIpc) is 3.11. The Hall–Kier alpha value is -1.25. The van der Waals surface area contributed by atoms with Gasteiger partial charge in [0.15, 0.2) is 4.34 Å². The SMILES string of the molecule is CC(Sc1nncs1)c1nc(-c2cccs2)no1. The summed E-state index contributed by atoms with van der Waals surface area (Å²) in [6.07, 6.45) is 0. The number of aromatic nitrogens is 4. The smallest absolute Gasteiger partial charge is 0.240 e. The van der Waals surface area contributed by atoms with Gasteiger partial charge in [-0.25, -0.2) is 0 Å². The number of thioether (sulfide) groups is 1. The van der Waals surface area contributed by atoms with E-state index >= 15 is 0 Å². The molecule has 0 radical (unpaired) electrons. The maximum Gasteiger partial charge on any atom is 0.240 e. The Balaban J connectivity index is 1.77. The molecule has 18 heavy (non-hydrogen) atoms. The summed E-state index contributed by atoms with van der Waals surface area (Å²) in [5.41, 5.74) is 1.71. The van der Waals surface area contributed by atoms with E-state index in [4.69, 9.17) is 4.52 Å². The summed E-state index contributed by atoms with van der Waals surface area (Å²) in [7, 11) is 0. The lowest BCUT2D eigenvalue weighted by molar-refractivity contribution is 0.381.